The maximum atomic E-state index is 13.9. The monoisotopic (exact) mass is 364 g/mol. The second kappa shape index (κ2) is 6.54. The van der Waals surface area contributed by atoms with Crippen molar-refractivity contribution in [1.82, 2.24) is 19.9 Å². The summed E-state index contributed by atoms with van der Waals surface area (Å²) in [6.07, 6.45) is 0.346. The molecule has 1 amide bonds. The van der Waals surface area contributed by atoms with Gasteiger partial charge in [-0.3, -0.25) is 0 Å². The summed E-state index contributed by atoms with van der Waals surface area (Å²) in [4.78, 5) is 25.2. The average molecular weight is 364 g/mol. The van der Waals surface area contributed by atoms with Gasteiger partial charge in [0, 0.05) is 19.6 Å². The third kappa shape index (κ3) is 3.61. The topological polar surface area (TPSA) is 97.5 Å². The van der Waals surface area contributed by atoms with Gasteiger partial charge in [0.15, 0.2) is 0 Å². The SMILES string of the molecule is CC(C)(C)OC(=O)N1CCC(Cn2nnc3ccc(F)c(C(=O)O)c32)C1. The molecule has 26 heavy (non-hydrogen) atoms. The maximum Gasteiger partial charge on any atom is 0.410 e. The lowest BCUT2D eigenvalue weighted by Crippen LogP contribution is -2.35. The number of carboxylic acid groups (broad SMARTS) is 1. The molecule has 0 bridgehead atoms. The van der Waals surface area contributed by atoms with E-state index >= 15 is 0 Å². The van der Waals surface area contributed by atoms with Gasteiger partial charge in [-0.1, -0.05) is 5.21 Å². The fourth-order valence-electron chi connectivity index (χ4n) is 3.09. The van der Waals surface area contributed by atoms with Crippen LogP contribution in [0.2, 0.25) is 0 Å². The fraction of sp³-hybridized carbons (Fsp3) is 0.529. The molecular weight excluding hydrogens is 343 g/mol. The van der Waals surface area contributed by atoms with E-state index in [9.17, 15) is 19.1 Å². The molecule has 1 saturated heterocycles. The van der Waals surface area contributed by atoms with Crippen molar-refractivity contribution < 1.29 is 23.8 Å². The number of benzene rings is 1. The number of ether oxygens (including phenoxy) is 1. The Balaban J connectivity index is 1.78. The van der Waals surface area contributed by atoms with Crippen LogP contribution in [0.15, 0.2) is 12.1 Å². The number of aromatic carboxylic acids is 1. The molecular formula is C17H21FN4O4. The van der Waals surface area contributed by atoms with Crippen LogP contribution >= 0.6 is 0 Å². The first kappa shape index (κ1) is 18.1. The van der Waals surface area contributed by atoms with Crippen molar-refractivity contribution in [1.29, 1.82) is 0 Å². The van der Waals surface area contributed by atoms with E-state index < -0.39 is 23.0 Å². The highest BCUT2D eigenvalue weighted by atomic mass is 19.1. The average Bonchev–Trinajstić information content (AvgIpc) is 3.13. The smallest absolute Gasteiger partial charge is 0.410 e. The first-order valence-corrected chi connectivity index (χ1v) is 8.38. The minimum atomic E-state index is -1.36. The molecule has 1 aromatic carbocycles. The fourth-order valence-corrected chi connectivity index (χ4v) is 3.09. The lowest BCUT2D eigenvalue weighted by atomic mass is 10.1. The van der Waals surface area contributed by atoms with E-state index in [1.165, 1.54) is 10.7 Å². The van der Waals surface area contributed by atoms with Gasteiger partial charge in [0.05, 0.1) is 0 Å². The van der Waals surface area contributed by atoms with E-state index in [2.05, 4.69) is 10.3 Å². The number of carbonyl (C=O) groups is 2. The number of likely N-dealkylation sites (tertiary alicyclic amines) is 1. The van der Waals surface area contributed by atoms with Crippen molar-refractivity contribution >= 4 is 23.1 Å². The summed E-state index contributed by atoms with van der Waals surface area (Å²) in [6, 6.07) is 2.48. The van der Waals surface area contributed by atoms with E-state index in [4.69, 9.17) is 4.74 Å². The molecule has 0 aliphatic carbocycles. The second-order valence-corrected chi connectivity index (χ2v) is 7.45. The van der Waals surface area contributed by atoms with Gasteiger partial charge in [0.1, 0.15) is 28.0 Å². The molecule has 1 fully saturated rings. The summed E-state index contributed by atoms with van der Waals surface area (Å²) in [5.41, 5.74) is -0.515. The third-order valence-corrected chi connectivity index (χ3v) is 4.21. The normalized spacial score (nSPS) is 17.7. The molecule has 1 aliphatic heterocycles. The van der Waals surface area contributed by atoms with E-state index in [-0.39, 0.29) is 17.5 Å². The number of hydrogen-bond acceptors (Lipinski definition) is 5. The van der Waals surface area contributed by atoms with Crippen LogP contribution in [0.5, 0.6) is 0 Å². The van der Waals surface area contributed by atoms with Crippen molar-refractivity contribution in [3.05, 3.63) is 23.5 Å². The van der Waals surface area contributed by atoms with Gasteiger partial charge in [0.25, 0.3) is 0 Å². The highest BCUT2D eigenvalue weighted by Crippen LogP contribution is 2.25. The Morgan fingerprint density at radius 3 is 2.77 bits per heavy atom. The molecule has 1 aliphatic rings. The molecule has 2 heterocycles. The Bertz CT molecular complexity index is 858. The molecule has 1 aromatic heterocycles. The van der Waals surface area contributed by atoms with Gasteiger partial charge in [-0.25, -0.2) is 18.7 Å². The zero-order valence-corrected chi connectivity index (χ0v) is 14.9. The number of fused-ring (bicyclic) bond motifs is 1. The van der Waals surface area contributed by atoms with Gasteiger partial charge in [-0.15, -0.1) is 5.10 Å². The number of halogens is 1. The van der Waals surface area contributed by atoms with Crippen LogP contribution in [0.25, 0.3) is 11.0 Å². The Morgan fingerprint density at radius 2 is 2.12 bits per heavy atom. The summed E-state index contributed by atoms with van der Waals surface area (Å²) in [7, 11) is 0. The molecule has 0 saturated carbocycles. The zero-order chi connectivity index (χ0) is 19.1. The Labute approximate surface area is 149 Å². The van der Waals surface area contributed by atoms with Crippen LogP contribution in [-0.2, 0) is 11.3 Å². The molecule has 1 N–H and O–H groups in total. The predicted octanol–water partition coefficient (Wildman–Crippen LogP) is 2.53. The van der Waals surface area contributed by atoms with E-state index in [1.54, 1.807) is 4.90 Å². The van der Waals surface area contributed by atoms with Crippen molar-refractivity contribution in [2.75, 3.05) is 13.1 Å². The largest absolute Gasteiger partial charge is 0.478 e. The number of nitrogens with zero attached hydrogens (tertiary/aromatic N) is 4. The van der Waals surface area contributed by atoms with Crippen molar-refractivity contribution in [3.63, 3.8) is 0 Å². The number of carboxylic acids is 1. The second-order valence-electron chi connectivity index (χ2n) is 7.45. The van der Waals surface area contributed by atoms with Gasteiger partial charge in [0.2, 0.25) is 0 Å². The van der Waals surface area contributed by atoms with E-state index in [0.717, 1.165) is 12.5 Å². The lowest BCUT2D eigenvalue weighted by molar-refractivity contribution is 0.0286. The zero-order valence-electron chi connectivity index (χ0n) is 14.9. The molecule has 0 radical (unpaired) electrons. The number of carbonyl (C=O) groups excluding carboxylic acids is 1. The lowest BCUT2D eigenvalue weighted by Gasteiger charge is -2.24. The highest BCUT2D eigenvalue weighted by Gasteiger charge is 2.31. The van der Waals surface area contributed by atoms with Crippen molar-refractivity contribution in [3.8, 4) is 0 Å². The van der Waals surface area contributed by atoms with Crippen LogP contribution in [0.4, 0.5) is 9.18 Å². The highest BCUT2D eigenvalue weighted by molar-refractivity contribution is 6.01. The van der Waals surface area contributed by atoms with Gasteiger partial charge >= 0.3 is 12.1 Å². The Hall–Kier alpha value is -2.71. The summed E-state index contributed by atoms with van der Waals surface area (Å²) in [5.74, 6) is -2.13. The standard InChI is InChI=1S/C17H21FN4O4/c1-17(2,3)26-16(25)21-7-6-10(8-21)9-22-14-12(19-20-22)5-4-11(18)13(14)15(23)24/h4-5,10H,6-9H2,1-3H3,(H,23,24). The summed E-state index contributed by atoms with van der Waals surface area (Å²) in [5, 5.41) is 17.2. The predicted molar refractivity (Wildman–Crippen MR) is 90.4 cm³/mol. The molecule has 3 rings (SSSR count). The van der Waals surface area contributed by atoms with Gasteiger partial charge in [-0.2, -0.15) is 0 Å². The van der Waals surface area contributed by atoms with Gasteiger partial charge in [-0.05, 0) is 45.2 Å². The molecule has 140 valence electrons. The maximum absolute atomic E-state index is 13.9. The van der Waals surface area contributed by atoms with Crippen molar-refractivity contribution in [2.24, 2.45) is 5.92 Å². The van der Waals surface area contributed by atoms with Gasteiger partial charge < -0.3 is 14.7 Å². The van der Waals surface area contributed by atoms with Crippen LogP contribution in [-0.4, -0.2) is 55.8 Å². The van der Waals surface area contributed by atoms with Crippen LogP contribution in [0, 0.1) is 11.7 Å². The number of rotatable bonds is 3. The molecule has 0 spiro atoms. The molecule has 9 heteroatoms. The third-order valence-electron chi connectivity index (χ3n) is 4.21. The summed E-state index contributed by atoms with van der Waals surface area (Å²) in [6.45, 7) is 6.78. The van der Waals surface area contributed by atoms with Crippen LogP contribution in [0.1, 0.15) is 37.6 Å². The molecule has 1 unspecified atom stereocenters. The van der Waals surface area contributed by atoms with E-state index in [0.29, 0.717) is 25.2 Å². The van der Waals surface area contributed by atoms with E-state index in [1.807, 2.05) is 20.8 Å². The summed E-state index contributed by atoms with van der Waals surface area (Å²) >= 11 is 0. The minimum Gasteiger partial charge on any atom is -0.478 e. The first-order chi connectivity index (χ1) is 12.2. The van der Waals surface area contributed by atoms with Crippen molar-refractivity contribution in [2.45, 2.75) is 39.3 Å². The molecule has 2 aromatic rings. The Kier molecular flexibility index (Phi) is 4.55. The van der Waals surface area contributed by atoms with Crippen LogP contribution < -0.4 is 0 Å². The quantitative estimate of drug-likeness (QED) is 0.899. The number of aromatic nitrogens is 3. The minimum absolute atomic E-state index is 0.0531. The molecule has 8 nitrogen and oxygen atoms in total. The number of amides is 1. The first-order valence-electron chi connectivity index (χ1n) is 8.38. The summed E-state index contributed by atoms with van der Waals surface area (Å²) < 4.78 is 20.7. The van der Waals surface area contributed by atoms with Crippen LogP contribution in [0.3, 0.4) is 0 Å². The number of hydrogen-bond donors (Lipinski definition) is 1. The Morgan fingerprint density at radius 1 is 1.38 bits per heavy atom. The molecule has 1 atom stereocenters.